The van der Waals surface area contributed by atoms with Crippen LogP contribution in [0.3, 0.4) is 0 Å². The van der Waals surface area contributed by atoms with Crippen LogP contribution in [0.5, 0.6) is 11.5 Å². The summed E-state index contributed by atoms with van der Waals surface area (Å²) in [6.45, 7) is 0.371. The third-order valence-corrected chi connectivity index (χ3v) is 3.80. The molecule has 1 N–H and O–H groups in total. The van der Waals surface area contributed by atoms with Crippen molar-refractivity contribution in [3.63, 3.8) is 0 Å². The number of likely N-dealkylation sites (N-methyl/N-ethyl adjacent to an activating group) is 1. The lowest BCUT2D eigenvalue weighted by atomic mass is 10.2. The molecule has 6 heteroatoms. The molecule has 0 atom stereocenters. The van der Waals surface area contributed by atoms with Gasteiger partial charge in [0.25, 0.3) is 5.91 Å². The maximum absolute atomic E-state index is 11.8. The number of hydrazone groups is 1. The summed E-state index contributed by atoms with van der Waals surface area (Å²) >= 11 is 0. The quantitative estimate of drug-likeness (QED) is 0.472. The number of nitrogens with zero attached hydrogens (tertiary/aromatic N) is 2. The molecule has 6 nitrogen and oxygen atoms in total. The van der Waals surface area contributed by atoms with Gasteiger partial charge in [-0.2, -0.15) is 5.10 Å². The number of nitrogens with one attached hydrogen (secondary N) is 1. The van der Waals surface area contributed by atoms with Gasteiger partial charge in [0.2, 0.25) is 0 Å². The normalized spacial score (nSPS) is 15.7. The third kappa shape index (κ3) is 5.85. The first-order valence-electron chi connectivity index (χ1n) is 8.34. The molecule has 1 aromatic carbocycles. The second-order valence-electron chi connectivity index (χ2n) is 7.18. The van der Waals surface area contributed by atoms with E-state index in [0.717, 1.165) is 24.2 Å². The molecule has 0 heterocycles. The van der Waals surface area contributed by atoms with Crippen LogP contribution >= 0.6 is 0 Å². The summed E-state index contributed by atoms with van der Waals surface area (Å²) in [7, 11) is 7.51. The van der Waals surface area contributed by atoms with Gasteiger partial charge in [0.1, 0.15) is 0 Å². The number of rotatable bonds is 7. The number of methoxy groups -OCH3 is 1. The van der Waals surface area contributed by atoms with Gasteiger partial charge >= 0.3 is 0 Å². The van der Waals surface area contributed by atoms with Gasteiger partial charge in [-0.25, -0.2) is 5.43 Å². The highest BCUT2D eigenvalue weighted by Crippen LogP contribution is 2.32. The highest BCUT2D eigenvalue weighted by Gasteiger charge is 2.18. The van der Waals surface area contributed by atoms with Crippen molar-refractivity contribution in [2.75, 3.05) is 34.8 Å². The number of quaternary nitrogens is 1. The molecule has 0 bridgehead atoms. The van der Waals surface area contributed by atoms with Gasteiger partial charge in [0.15, 0.2) is 18.0 Å². The van der Waals surface area contributed by atoms with E-state index in [1.165, 1.54) is 12.8 Å². The number of hydrogen-bond acceptors (Lipinski definition) is 4. The van der Waals surface area contributed by atoms with Crippen LogP contribution in [0.4, 0.5) is 0 Å². The number of ether oxygens (including phenoxy) is 2. The molecule has 1 amide bonds. The second-order valence-corrected chi connectivity index (χ2v) is 7.18. The fraction of sp³-hybridized carbons (Fsp3) is 0.556. The lowest BCUT2D eigenvalue weighted by Crippen LogP contribution is -2.43. The topological polar surface area (TPSA) is 59.9 Å². The summed E-state index contributed by atoms with van der Waals surface area (Å²) in [6.07, 6.45) is 6.48. The Morgan fingerprint density at radius 3 is 2.62 bits per heavy atom. The van der Waals surface area contributed by atoms with Crippen molar-refractivity contribution in [3.8, 4) is 11.5 Å². The lowest BCUT2D eigenvalue weighted by Gasteiger charge is -2.22. The standard InChI is InChI=1S/C18H27N3O3/c1-21(2,3)13-18(22)20-19-12-14-9-10-16(23-4)17(11-14)24-15-7-5-6-8-15/h9-12,15H,5-8,13H2,1-4H3/p+1. The van der Waals surface area contributed by atoms with E-state index >= 15 is 0 Å². The number of carbonyl (C=O) groups excluding carboxylic acids is 1. The Hall–Kier alpha value is -2.08. The zero-order valence-corrected chi connectivity index (χ0v) is 15.0. The van der Waals surface area contributed by atoms with Crippen LogP contribution in [-0.2, 0) is 4.79 Å². The number of carbonyl (C=O) groups is 1. The van der Waals surface area contributed by atoms with Crippen LogP contribution in [0.2, 0.25) is 0 Å². The van der Waals surface area contributed by atoms with E-state index in [9.17, 15) is 4.79 Å². The molecule has 1 saturated carbocycles. The predicted octanol–water partition coefficient (Wildman–Crippen LogP) is 2.17. The van der Waals surface area contributed by atoms with Crippen LogP contribution in [0.15, 0.2) is 23.3 Å². The van der Waals surface area contributed by atoms with Crippen LogP contribution in [-0.4, -0.2) is 57.5 Å². The first kappa shape index (κ1) is 18.3. The predicted molar refractivity (Wildman–Crippen MR) is 94.5 cm³/mol. The first-order chi connectivity index (χ1) is 11.4. The van der Waals surface area contributed by atoms with Crippen molar-refractivity contribution in [2.24, 2.45) is 5.10 Å². The minimum Gasteiger partial charge on any atom is -0.493 e. The summed E-state index contributed by atoms with van der Waals surface area (Å²) in [5.41, 5.74) is 3.41. The summed E-state index contributed by atoms with van der Waals surface area (Å²) in [5.74, 6) is 1.33. The molecule has 0 spiro atoms. The van der Waals surface area contributed by atoms with E-state index in [2.05, 4.69) is 10.5 Å². The van der Waals surface area contributed by atoms with E-state index in [-0.39, 0.29) is 12.0 Å². The fourth-order valence-corrected chi connectivity index (χ4v) is 2.70. The second kappa shape index (κ2) is 8.15. The highest BCUT2D eigenvalue weighted by atomic mass is 16.5. The Morgan fingerprint density at radius 1 is 1.29 bits per heavy atom. The van der Waals surface area contributed by atoms with Gasteiger partial charge in [-0.15, -0.1) is 0 Å². The van der Waals surface area contributed by atoms with Crippen molar-refractivity contribution in [2.45, 2.75) is 31.8 Å². The summed E-state index contributed by atoms with van der Waals surface area (Å²) in [4.78, 5) is 11.8. The number of hydrogen-bond donors (Lipinski definition) is 1. The van der Waals surface area contributed by atoms with Crippen molar-refractivity contribution < 1.29 is 18.8 Å². The molecule has 1 aliphatic rings. The van der Waals surface area contributed by atoms with Crippen molar-refractivity contribution in [1.29, 1.82) is 0 Å². The molecule has 0 saturated heterocycles. The van der Waals surface area contributed by atoms with E-state index < -0.39 is 0 Å². The van der Waals surface area contributed by atoms with Gasteiger partial charge in [0, 0.05) is 0 Å². The molecule has 0 unspecified atom stereocenters. The molecule has 2 rings (SSSR count). The highest BCUT2D eigenvalue weighted by molar-refractivity contribution is 5.83. The molecule has 132 valence electrons. The van der Waals surface area contributed by atoms with Crippen molar-refractivity contribution >= 4 is 12.1 Å². The first-order valence-corrected chi connectivity index (χ1v) is 8.34. The average Bonchev–Trinajstić information content (AvgIpc) is 2.98. The zero-order chi connectivity index (χ0) is 17.6. The van der Waals surface area contributed by atoms with Gasteiger partial charge < -0.3 is 14.0 Å². The molecule has 0 aliphatic heterocycles. The van der Waals surface area contributed by atoms with Crippen molar-refractivity contribution in [1.82, 2.24) is 5.43 Å². The monoisotopic (exact) mass is 334 g/mol. The Morgan fingerprint density at radius 2 is 2.00 bits per heavy atom. The third-order valence-electron chi connectivity index (χ3n) is 3.80. The molecule has 1 aromatic rings. The maximum Gasteiger partial charge on any atom is 0.295 e. The van der Waals surface area contributed by atoms with E-state index in [1.807, 2.05) is 39.3 Å². The fourth-order valence-electron chi connectivity index (χ4n) is 2.70. The number of benzene rings is 1. The largest absolute Gasteiger partial charge is 0.493 e. The van der Waals surface area contributed by atoms with E-state index in [1.54, 1.807) is 13.3 Å². The Kier molecular flexibility index (Phi) is 6.20. The molecule has 0 aromatic heterocycles. The van der Waals surface area contributed by atoms with Crippen LogP contribution in [0.25, 0.3) is 0 Å². The minimum absolute atomic E-state index is 0.116. The van der Waals surface area contributed by atoms with E-state index in [0.29, 0.717) is 16.8 Å². The Balaban J connectivity index is 1.99. The Labute approximate surface area is 144 Å². The van der Waals surface area contributed by atoms with Gasteiger partial charge in [-0.3, -0.25) is 4.79 Å². The average molecular weight is 334 g/mol. The number of amides is 1. The summed E-state index contributed by atoms with van der Waals surface area (Å²) in [6, 6.07) is 5.64. The van der Waals surface area contributed by atoms with Crippen LogP contribution < -0.4 is 14.9 Å². The van der Waals surface area contributed by atoms with Crippen molar-refractivity contribution in [3.05, 3.63) is 23.8 Å². The molecular formula is C18H28N3O3+. The van der Waals surface area contributed by atoms with Crippen LogP contribution in [0, 0.1) is 0 Å². The van der Waals surface area contributed by atoms with Crippen LogP contribution in [0.1, 0.15) is 31.2 Å². The van der Waals surface area contributed by atoms with E-state index in [4.69, 9.17) is 9.47 Å². The molecule has 1 aliphatic carbocycles. The van der Waals surface area contributed by atoms with Gasteiger partial charge in [-0.05, 0) is 49.4 Å². The molecular weight excluding hydrogens is 306 g/mol. The smallest absolute Gasteiger partial charge is 0.295 e. The molecule has 0 radical (unpaired) electrons. The molecule has 24 heavy (non-hydrogen) atoms. The Bertz CT molecular complexity index is 588. The van der Waals surface area contributed by atoms with Gasteiger partial charge in [-0.1, -0.05) is 0 Å². The SMILES string of the molecule is COc1ccc(C=NNC(=O)C[N+](C)(C)C)cc1OC1CCCC1. The summed E-state index contributed by atoms with van der Waals surface area (Å²) < 4.78 is 12.0. The maximum atomic E-state index is 11.8. The minimum atomic E-state index is -0.116. The summed E-state index contributed by atoms with van der Waals surface area (Å²) in [5, 5.41) is 4.02. The lowest BCUT2D eigenvalue weighted by molar-refractivity contribution is -0.862. The molecule has 1 fully saturated rings. The van der Waals surface area contributed by atoms with Gasteiger partial charge in [0.05, 0.1) is 40.6 Å². The zero-order valence-electron chi connectivity index (χ0n) is 15.0.